The average molecular weight is 204 g/mol. The van der Waals surface area contributed by atoms with Gasteiger partial charge < -0.3 is 14.2 Å². The van der Waals surface area contributed by atoms with Crippen molar-refractivity contribution in [2.24, 2.45) is 0 Å². The van der Waals surface area contributed by atoms with Crippen LogP contribution in [0.1, 0.15) is 19.8 Å². The first kappa shape index (κ1) is 12.9. The number of ether oxygens (including phenoxy) is 3. The maximum Gasteiger partial charge on any atom is 0.305 e. The van der Waals surface area contributed by atoms with Gasteiger partial charge in [0.1, 0.15) is 6.61 Å². The highest BCUT2D eigenvalue weighted by Crippen LogP contribution is 2.01. The van der Waals surface area contributed by atoms with E-state index in [4.69, 9.17) is 0 Å². The van der Waals surface area contributed by atoms with Crippen molar-refractivity contribution < 1.29 is 23.8 Å². The monoisotopic (exact) mass is 204 g/mol. The van der Waals surface area contributed by atoms with Gasteiger partial charge in [-0.05, 0) is 6.42 Å². The predicted molar refractivity (Wildman–Crippen MR) is 48.7 cm³/mol. The van der Waals surface area contributed by atoms with Gasteiger partial charge in [0, 0.05) is 20.5 Å². The van der Waals surface area contributed by atoms with Gasteiger partial charge in [0.2, 0.25) is 0 Å². The van der Waals surface area contributed by atoms with Crippen LogP contribution in [0.3, 0.4) is 0 Å². The van der Waals surface area contributed by atoms with Gasteiger partial charge in [0.05, 0.1) is 13.2 Å². The highest BCUT2D eigenvalue weighted by Gasteiger charge is 2.08. The van der Waals surface area contributed by atoms with E-state index in [2.05, 4.69) is 14.2 Å². The molecule has 0 spiro atoms. The molecule has 5 heteroatoms. The summed E-state index contributed by atoms with van der Waals surface area (Å²) in [5, 5.41) is 0. The molecule has 0 aliphatic carbocycles. The molecular formula is C9H16O5. The average Bonchev–Trinajstić information content (AvgIpc) is 2.57. The fourth-order valence-electron chi connectivity index (χ4n) is 0.743. The molecule has 0 aromatic rings. The number of esters is 2. The second-order valence-electron chi connectivity index (χ2n) is 2.66. The quantitative estimate of drug-likeness (QED) is 0.495. The van der Waals surface area contributed by atoms with Crippen molar-refractivity contribution >= 4 is 11.9 Å². The van der Waals surface area contributed by atoms with Gasteiger partial charge in [0.25, 0.3) is 0 Å². The van der Waals surface area contributed by atoms with Gasteiger partial charge in [0.15, 0.2) is 0 Å². The fourth-order valence-corrected chi connectivity index (χ4v) is 0.743. The van der Waals surface area contributed by atoms with E-state index in [0.717, 1.165) is 6.42 Å². The standard InChI is InChI=1S/C5H10O3.C4H6O2/c1-5(6)8-4-3-7-2;5-4-2-1-3-6-4/h3-4H2,1-2H3;1-3H2. The summed E-state index contributed by atoms with van der Waals surface area (Å²) in [4.78, 5) is 20.1. The third kappa shape index (κ3) is 8.99. The zero-order chi connectivity index (χ0) is 10.8. The van der Waals surface area contributed by atoms with Gasteiger partial charge in [-0.1, -0.05) is 0 Å². The SMILES string of the molecule is COCCOC(C)=O.O=C1CCCO1. The molecule has 1 rings (SSSR count). The molecule has 0 unspecified atom stereocenters. The second kappa shape index (κ2) is 8.50. The third-order valence-corrected chi connectivity index (χ3v) is 1.38. The molecule has 14 heavy (non-hydrogen) atoms. The normalized spacial score (nSPS) is 14.0. The van der Waals surface area contributed by atoms with Crippen molar-refractivity contribution in [2.75, 3.05) is 26.9 Å². The highest BCUT2D eigenvalue weighted by molar-refractivity contribution is 5.70. The van der Waals surface area contributed by atoms with E-state index >= 15 is 0 Å². The van der Waals surface area contributed by atoms with Crippen LogP contribution in [-0.4, -0.2) is 38.9 Å². The molecule has 0 N–H and O–H groups in total. The Hall–Kier alpha value is -1.10. The van der Waals surface area contributed by atoms with E-state index in [1.54, 1.807) is 7.11 Å². The number of carbonyl (C=O) groups excluding carboxylic acids is 2. The molecule has 1 aliphatic heterocycles. The van der Waals surface area contributed by atoms with Crippen LogP contribution in [0.25, 0.3) is 0 Å². The first-order chi connectivity index (χ1) is 6.66. The van der Waals surface area contributed by atoms with Crippen LogP contribution >= 0.6 is 0 Å². The Morgan fingerprint density at radius 2 is 2.21 bits per heavy atom. The van der Waals surface area contributed by atoms with Crippen LogP contribution in [0.2, 0.25) is 0 Å². The van der Waals surface area contributed by atoms with E-state index in [0.29, 0.717) is 26.2 Å². The van der Waals surface area contributed by atoms with Gasteiger partial charge in [-0.2, -0.15) is 0 Å². The highest BCUT2D eigenvalue weighted by atomic mass is 16.6. The topological polar surface area (TPSA) is 61.8 Å². The number of hydrogen-bond donors (Lipinski definition) is 0. The van der Waals surface area contributed by atoms with Crippen molar-refractivity contribution in [3.8, 4) is 0 Å². The summed E-state index contributed by atoms with van der Waals surface area (Å²) in [7, 11) is 1.56. The molecule has 0 atom stereocenters. The molecule has 0 aromatic heterocycles. The lowest BCUT2D eigenvalue weighted by Gasteiger charge is -1.97. The fraction of sp³-hybridized carbons (Fsp3) is 0.778. The number of hydrogen-bond acceptors (Lipinski definition) is 5. The van der Waals surface area contributed by atoms with E-state index < -0.39 is 0 Å². The van der Waals surface area contributed by atoms with Crippen LogP contribution in [0.4, 0.5) is 0 Å². The Balaban J connectivity index is 0.000000249. The molecule has 5 nitrogen and oxygen atoms in total. The Bertz CT molecular complexity index is 170. The largest absolute Gasteiger partial charge is 0.466 e. The van der Waals surface area contributed by atoms with Crippen LogP contribution in [0.15, 0.2) is 0 Å². The van der Waals surface area contributed by atoms with E-state index in [9.17, 15) is 9.59 Å². The predicted octanol–water partition coefficient (Wildman–Crippen LogP) is 0.519. The molecule has 0 aromatic carbocycles. The number of rotatable bonds is 3. The molecular weight excluding hydrogens is 188 g/mol. The zero-order valence-corrected chi connectivity index (χ0v) is 8.58. The molecule has 0 radical (unpaired) electrons. The number of cyclic esters (lactones) is 1. The Morgan fingerprint density at radius 3 is 2.50 bits per heavy atom. The maximum atomic E-state index is 10.0. The van der Waals surface area contributed by atoms with Gasteiger partial charge in [-0.3, -0.25) is 9.59 Å². The molecule has 1 fully saturated rings. The van der Waals surface area contributed by atoms with Crippen LogP contribution in [0, 0.1) is 0 Å². The molecule has 1 heterocycles. The van der Waals surface area contributed by atoms with Gasteiger partial charge in [-0.25, -0.2) is 0 Å². The van der Waals surface area contributed by atoms with Crippen molar-refractivity contribution in [2.45, 2.75) is 19.8 Å². The summed E-state index contributed by atoms with van der Waals surface area (Å²) in [5.74, 6) is -0.308. The Morgan fingerprint density at radius 1 is 1.50 bits per heavy atom. The zero-order valence-electron chi connectivity index (χ0n) is 8.58. The third-order valence-electron chi connectivity index (χ3n) is 1.38. The second-order valence-corrected chi connectivity index (χ2v) is 2.66. The van der Waals surface area contributed by atoms with Crippen molar-refractivity contribution in [1.29, 1.82) is 0 Å². The molecule has 0 amide bonds. The molecule has 0 bridgehead atoms. The van der Waals surface area contributed by atoms with Crippen molar-refractivity contribution in [3.63, 3.8) is 0 Å². The van der Waals surface area contributed by atoms with E-state index in [1.165, 1.54) is 6.92 Å². The van der Waals surface area contributed by atoms with Crippen LogP contribution in [0.5, 0.6) is 0 Å². The lowest BCUT2D eigenvalue weighted by atomic mass is 10.4. The summed E-state index contributed by atoms with van der Waals surface area (Å²) in [5.41, 5.74) is 0. The van der Waals surface area contributed by atoms with Gasteiger partial charge in [-0.15, -0.1) is 0 Å². The molecule has 1 saturated heterocycles. The van der Waals surface area contributed by atoms with E-state index in [-0.39, 0.29) is 11.9 Å². The first-order valence-electron chi connectivity index (χ1n) is 4.44. The minimum Gasteiger partial charge on any atom is -0.466 e. The number of carbonyl (C=O) groups is 2. The summed E-state index contributed by atoms with van der Waals surface area (Å²) < 4.78 is 13.6. The lowest BCUT2D eigenvalue weighted by Crippen LogP contribution is -2.05. The first-order valence-corrected chi connectivity index (χ1v) is 4.44. The summed E-state index contributed by atoms with van der Waals surface area (Å²) in [6.45, 7) is 2.83. The Kier molecular flexibility index (Phi) is 7.83. The molecule has 82 valence electrons. The van der Waals surface area contributed by atoms with Crippen molar-refractivity contribution in [1.82, 2.24) is 0 Å². The Labute approximate surface area is 83.3 Å². The van der Waals surface area contributed by atoms with Crippen LogP contribution < -0.4 is 0 Å². The smallest absolute Gasteiger partial charge is 0.305 e. The minimum absolute atomic E-state index is 0.0463. The van der Waals surface area contributed by atoms with Crippen molar-refractivity contribution in [3.05, 3.63) is 0 Å². The molecule has 1 aliphatic rings. The van der Waals surface area contributed by atoms with E-state index in [1.807, 2.05) is 0 Å². The molecule has 0 saturated carbocycles. The lowest BCUT2D eigenvalue weighted by molar-refractivity contribution is -0.142. The number of methoxy groups -OCH3 is 1. The summed E-state index contributed by atoms with van der Waals surface area (Å²) in [6.07, 6.45) is 1.54. The summed E-state index contributed by atoms with van der Waals surface area (Å²) >= 11 is 0. The summed E-state index contributed by atoms with van der Waals surface area (Å²) in [6, 6.07) is 0. The maximum absolute atomic E-state index is 10.0. The van der Waals surface area contributed by atoms with Crippen LogP contribution in [-0.2, 0) is 23.8 Å². The van der Waals surface area contributed by atoms with Gasteiger partial charge >= 0.3 is 11.9 Å². The minimum atomic E-state index is -0.262.